The maximum atomic E-state index is 12.5. The third kappa shape index (κ3) is 4.26. The first kappa shape index (κ1) is 19.3. The molecular weight excluding hydrogens is 416 g/mol. The second kappa shape index (κ2) is 8.57. The number of thioether (sulfide) groups is 1. The molecule has 1 amide bonds. The maximum absolute atomic E-state index is 12.5. The molecular formula is C22H18N4O4S. The van der Waals surface area contributed by atoms with E-state index in [0.29, 0.717) is 28.9 Å². The van der Waals surface area contributed by atoms with Crippen molar-refractivity contribution >= 4 is 23.4 Å². The van der Waals surface area contributed by atoms with Crippen LogP contribution in [0.3, 0.4) is 0 Å². The van der Waals surface area contributed by atoms with E-state index in [9.17, 15) is 4.79 Å². The Balaban J connectivity index is 1.31. The number of hydrogen-bond donors (Lipinski definition) is 1. The molecule has 1 N–H and O–H groups in total. The smallest absolute Gasteiger partial charge is 0.234 e. The number of carbonyl (C=O) groups is 1. The van der Waals surface area contributed by atoms with Crippen LogP contribution in [0.1, 0.15) is 5.76 Å². The van der Waals surface area contributed by atoms with Crippen molar-refractivity contribution in [2.75, 3.05) is 17.9 Å². The van der Waals surface area contributed by atoms with Gasteiger partial charge in [-0.2, -0.15) is 0 Å². The summed E-state index contributed by atoms with van der Waals surface area (Å²) >= 11 is 1.32. The molecule has 156 valence electrons. The number of aromatic nitrogens is 3. The highest BCUT2D eigenvalue weighted by Gasteiger charge is 2.18. The lowest BCUT2D eigenvalue weighted by Gasteiger charge is -2.09. The van der Waals surface area contributed by atoms with Gasteiger partial charge in [-0.1, -0.05) is 42.1 Å². The lowest BCUT2D eigenvalue weighted by molar-refractivity contribution is -0.113. The number of nitrogens with one attached hydrogen (secondary N) is 1. The van der Waals surface area contributed by atoms with Crippen LogP contribution in [0.15, 0.2) is 76.5 Å². The molecule has 0 saturated heterocycles. The van der Waals surface area contributed by atoms with Gasteiger partial charge in [0.05, 0.1) is 18.6 Å². The fourth-order valence-corrected chi connectivity index (χ4v) is 3.94. The molecule has 2 aromatic heterocycles. The third-order valence-corrected chi connectivity index (χ3v) is 5.60. The van der Waals surface area contributed by atoms with Gasteiger partial charge in [-0.15, -0.1) is 10.2 Å². The second-order valence-corrected chi connectivity index (χ2v) is 7.69. The number of ether oxygens (including phenoxy) is 2. The summed E-state index contributed by atoms with van der Waals surface area (Å²) in [7, 11) is 0. The topological polar surface area (TPSA) is 91.4 Å². The fraction of sp³-hybridized carbons (Fsp3) is 0.136. The van der Waals surface area contributed by atoms with Crippen LogP contribution in [0.5, 0.6) is 11.5 Å². The summed E-state index contributed by atoms with van der Waals surface area (Å²) in [6.07, 6.45) is 1.63. The van der Waals surface area contributed by atoms with Gasteiger partial charge < -0.3 is 19.2 Å². The van der Waals surface area contributed by atoms with Gasteiger partial charge in [-0.3, -0.25) is 9.36 Å². The van der Waals surface area contributed by atoms with Gasteiger partial charge in [-0.25, -0.2) is 0 Å². The molecule has 9 heteroatoms. The van der Waals surface area contributed by atoms with Gasteiger partial charge in [0.25, 0.3) is 0 Å². The van der Waals surface area contributed by atoms with E-state index in [1.54, 1.807) is 24.5 Å². The minimum absolute atomic E-state index is 0.155. The molecule has 0 bridgehead atoms. The number of rotatable bonds is 7. The number of anilines is 1. The number of nitrogens with zero attached hydrogens (tertiary/aromatic N) is 3. The Morgan fingerprint density at radius 1 is 1.03 bits per heavy atom. The Labute approximate surface area is 182 Å². The summed E-state index contributed by atoms with van der Waals surface area (Å²) in [6, 6.07) is 18.8. The van der Waals surface area contributed by atoms with Crippen LogP contribution in [0.4, 0.5) is 5.69 Å². The highest BCUT2D eigenvalue weighted by Crippen LogP contribution is 2.34. The third-order valence-electron chi connectivity index (χ3n) is 4.63. The predicted octanol–water partition coefficient (Wildman–Crippen LogP) is 4.05. The van der Waals surface area contributed by atoms with E-state index in [-0.39, 0.29) is 18.5 Å². The second-order valence-electron chi connectivity index (χ2n) is 6.74. The Morgan fingerprint density at radius 3 is 2.74 bits per heavy atom. The average Bonchev–Trinajstić information content (AvgIpc) is 3.54. The number of carbonyl (C=O) groups excluding carboxylic acids is 1. The molecule has 4 aromatic rings. The average molecular weight is 434 g/mol. The molecule has 0 aliphatic carbocycles. The van der Waals surface area contributed by atoms with Gasteiger partial charge >= 0.3 is 0 Å². The zero-order chi connectivity index (χ0) is 21.0. The van der Waals surface area contributed by atoms with Crippen LogP contribution in [0.2, 0.25) is 0 Å². The van der Waals surface area contributed by atoms with Crippen molar-refractivity contribution in [3.05, 3.63) is 72.7 Å². The molecule has 0 fully saturated rings. The zero-order valence-electron chi connectivity index (χ0n) is 16.4. The van der Waals surface area contributed by atoms with Gasteiger partial charge in [0.1, 0.15) is 5.76 Å². The normalized spacial score (nSPS) is 12.1. The minimum Gasteiger partial charge on any atom is -0.467 e. The van der Waals surface area contributed by atoms with Crippen molar-refractivity contribution in [2.24, 2.45) is 0 Å². The minimum atomic E-state index is -0.155. The molecule has 1 aliphatic rings. The van der Waals surface area contributed by atoms with Gasteiger partial charge in [-0.05, 0) is 24.3 Å². The number of furan rings is 1. The summed E-state index contributed by atoms with van der Waals surface area (Å²) in [6.45, 7) is 0.661. The van der Waals surface area contributed by atoms with Crippen molar-refractivity contribution in [2.45, 2.75) is 11.7 Å². The van der Waals surface area contributed by atoms with E-state index in [1.807, 2.05) is 47.0 Å². The molecule has 8 nitrogen and oxygen atoms in total. The van der Waals surface area contributed by atoms with Crippen molar-refractivity contribution in [3.63, 3.8) is 0 Å². The summed E-state index contributed by atoms with van der Waals surface area (Å²) in [5, 5.41) is 12.2. The summed E-state index contributed by atoms with van der Waals surface area (Å²) in [5.74, 6) is 2.82. The van der Waals surface area contributed by atoms with Crippen LogP contribution in [0.25, 0.3) is 11.4 Å². The lowest BCUT2D eigenvalue weighted by Crippen LogP contribution is -2.14. The summed E-state index contributed by atoms with van der Waals surface area (Å²) in [5.41, 5.74) is 1.59. The monoisotopic (exact) mass is 434 g/mol. The SMILES string of the molecule is O=C(CSc1nnc(-c2ccccc2)n1Cc1ccco1)Nc1ccc2c(c1)OCO2. The molecule has 0 atom stereocenters. The lowest BCUT2D eigenvalue weighted by atomic mass is 10.2. The van der Waals surface area contributed by atoms with Crippen molar-refractivity contribution in [1.29, 1.82) is 0 Å². The van der Waals surface area contributed by atoms with Crippen molar-refractivity contribution < 1.29 is 18.7 Å². The largest absolute Gasteiger partial charge is 0.467 e. The molecule has 2 aromatic carbocycles. The summed E-state index contributed by atoms with van der Waals surface area (Å²) < 4.78 is 18.1. The highest BCUT2D eigenvalue weighted by atomic mass is 32.2. The molecule has 3 heterocycles. The quantitative estimate of drug-likeness (QED) is 0.439. The van der Waals surface area contributed by atoms with Crippen LogP contribution in [0, 0.1) is 0 Å². The van der Waals surface area contributed by atoms with Crippen LogP contribution in [-0.4, -0.2) is 33.2 Å². The number of amides is 1. The van der Waals surface area contributed by atoms with E-state index in [2.05, 4.69) is 15.5 Å². The molecule has 0 saturated carbocycles. The zero-order valence-corrected chi connectivity index (χ0v) is 17.2. The van der Waals surface area contributed by atoms with Gasteiger partial charge in [0.2, 0.25) is 12.7 Å². The standard InChI is InChI=1S/C22H18N4O4S/c27-20(23-16-8-9-18-19(11-16)30-14-29-18)13-31-22-25-24-21(15-5-2-1-3-6-15)26(22)12-17-7-4-10-28-17/h1-11H,12-14H2,(H,23,27). The Bertz CT molecular complexity index is 1190. The first-order valence-corrected chi connectivity index (χ1v) is 10.6. The molecule has 31 heavy (non-hydrogen) atoms. The first-order chi connectivity index (χ1) is 15.3. The molecule has 0 radical (unpaired) electrons. The molecule has 0 unspecified atom stereocenters. The summed E-state index contributed by atoms with van der Waals surface area (Å²) in [4.78, 5) is 12.5. The van der Waals surface area contributed by atoms with E-state index in [1.165, 1.54) is 11.8 Å². The number of fused-ring (bicyclic) bond motifs is 1. The van der Waals surface area contributed by atoms with E-state index in [4.69, 9.17) is 13.9 Å². The van der Waals surface area contributed by atoms with E-state index in [0.717, 1.165) is 17.1 Å². The van der Waals surface area contributed by atoms with Gasteiger partial charge in [0.15, 0.2) is 22.5 Å². The highest BCUT2D eigenvalue weighted by molar-refractivity contribution is 7.99. The molecule has 0 spiro atoms. The maximum Gasteiger partial charge on any atom is 0.234 e. The number of benzene rings is 2. The van der Waals surface area contributed by atoms with Gasteiger partial charge in [0, 0.05) is 17.3 Å². The van der Waals surface area contributed by atoms with Crippen LogP contribution < -0.4 is 14.8 Å². The molecule has 1 aliphatic heterocycles. The van der Waals surface area contributed by atoms with Crippen LogP contribution >= 0.6 is 11.8 Å². The Morgan fingerprint density at radius 2 is 1.90 bits per heavy atom. The fourth-order valence-electron chi connectivity index (χ4n) is 3.20. The number of hydrogen-bond acceptors (Lipinski definition) is 7. The Kier molecular flexibility index (Phi) is 5.32. The predicted molar refractivity (Wildman–Crippen MR) is 115 cm³/mol. The van der Waals surface area contributed by atoms with E-state index < -0.39 is 0 Å². The van der Waals surface area contributed by atoms with Crippen molar-refractivity contribution in [3.8, 4) is 22.9 Å². The Hall–Kier alpha value is -3.72. The van der Waals surface area contributed by atoms with Crippen molar-refractivity contribution in [1.82, 2.24) is 14.8 Å². The first-order valence-electron chi connectivity index (χ1n) is 9.59. The van der Waals surface area contributed by atoms with E-state index >= 15 is 0 Å². The van der Waals surface area contributed by atoms with Crippen LogP contribution in [-0.2, 0) is 11.3 Å². The molecule has 5 rings (SSSR count).